The van der Waals surface area contributed by atoms with Crippen LogP contribution in [0.25, 0.3) is 0 Å². The van der Waals surface area contributed by atoms with Gasteiger partial charge in [-0.2, -0.15) is 0 Å². The van der Waals surface area contributed by atoms with Crippen LogP contribution in [-0.4, -0.2) is 6.04 Å². The van der Waals surface area contributed by atoms with Gasteiger partial charge < -0.3 is 5.73 Å². The molecule has 2 N–H and O–H groups in total. The Labute approximate surface area is 56.6 Å². The standard InChI is InChI=1S/C8H15N/c9-8-4-2-6-1-3-7(8)5-6/h6-8H,1-5,9H2/t6-,7-,8?/m0/s1. The summed E-state index contributed by atoms with van der Waals surface area (Å²) < 4.78 is 0. The monoisotopic (exact) mass is 125 g/mol. The number of rotatable bonds is 0. The Morgan fingerprint density at radius 2 is 1.78 bits per heavy atom. The van der Waals surface area contributed by atoms with E-state index in [-0.39, 0.29) is 0 Å². The lowest BCUT2D eigenvalue weighted by atomic mass is 9.86. The van der Waals surface area contributed by atoms with Crippen molar-refractivity contribution < 1.29 is 0 Å². The van der Waals surface area contributed by atoms with E-state index in [2.05, 4.69) is 0 Å². The fourth-order valence-corrected chi connectivity index (χ4v) is 2.43. The van der Waals surface area contributed by atoms with Crippen LogP contribution >= 0.6 is 0 Å². The quantitative estimate of drug-likeness (QED) is 0.522. The van der Waals surface area contributed by atoms with Crippen LogP contribution in [0.3, 0.4) is 0 Å². The summed E-state index contributed by atoms with van der Waals surface area (Å²) in [6.45, 7) is 0. The molecule has 1 nitrogen and oxygen atoms in total. The van der Waals surface area contributed by atoms with Crippen LogP contribution in [0.15, 0.2) is 0 Å². The van der Waals surface area contributed by atoms with Gasteiger partial charge >= 0.3 is 0 Å². The Balaban J connectivity index is 2.05. The first-order valence-electron chi connectivity index (χ1n) is 4.12. The molecular weight excluding hydrogens is 110 g/mol. The van der Waals surface area contributed by atoms with Gasteiger partial charge in [0.25, 0.3) is 0 Å². The first-order chi connectivity index (χ1) is 4.36. The Kier molecular flexibility index (Phi) is 1.26. The maximum Gasteiger partial charge on any atom is 0.00673 e. The van der Waals surface area contributed by atoms with E-state index in [0.717, 1.165) is 11.8 Å². The summed E-state index contributed by atoms with van der Waals surface area (Å²) in [6.07, 6.45) is 7.05. The largest absolute Gasteiger partial charge is 0.327 e. The van der Waals surface area contributed by atoms with Crippen molar-refractivity contribution in [1.29, 1.82) is 0 Å². The average molecular weight is 125 g/mol. The predicted molar refractivity (Wildman–Crippen MR) is 38.0 cm³/mol. The number of hydrogen-bond donors (Lipinski definition) is 1. The lowest BCUT2D eigenvalue weighted by Crippen LogP contribution is -2.31. The Morgan fingerprint density at radius 1 is 1.00 bits per heavy atom. The molecule has 0 aromatic heterocycles. The van der Waals surface area contributed by atoms with Crippen molar-refractivity contribution in [1.82, 2.24) is 0 Å². The van der Waals surface area contributed by atoms with Crippen LogP contribution in [0.2, 0.25) is 0 Å². The molecule has 1 unspecified atom stereocenters. The zero-order chi connectivity index (χ0) is 6.27. The highest BCUT2D eigenvalue weighted by atomic mass is 14.7. The van der Waals surface area contributed by atoms with Gasteiger partial charge in [-0.1, -0.05) is 6.42 Å². The number of fused-ring (bicyclic) bond motifs is 2. The summed E-state index contributed by atoms with van der Waals surface area (Å²) >= 11 is 0. The van der Waals surface area contributed by atoms with Gasteiger partial charge in [-0.15, -0.1) is 0 Å². The molecule has 2 aliphatic carbocycles. The van der Waals surface area contributed by atoms with E-state index >= 15 is 0 Å². The lowest BCUT2D eigenvalue weighted by molar-refractivity contribution is 0.314. The Morgan fingerprint density at radius 3 is 2.56 bits per heavy atom. The van der Waals surface area contributed by atoms with Crippen molar-refractivity contribution in [3.63, 3.8) is 0 Å². The summed E-state index contributed by atoms with van der Waals surface area (Å²) in [7, 11) is 0. The summed E-state index contributed by atoms with van der Waals surface area (Å²) in [5.74, 6) is 1.97. The van der Waals surface area contributed by atoms with Gasteiger partial charge in [-0.25, -0.2) is 0 Å². The molecule has 3 atom stereocenters. The smallest absolute Gasteiger partial charge is 0.00673 e. The van der Waals surface area contributed by atoms with Crippen LogP contribution in [0.5, 0.6) is 0 Å². The minimum atomic E-state index is 0.559. The second kappa shape index (κ2) is 1.98. The van der Waals surface area contributed by atoms with Crippen molar-refractivity contribution in [2.24, 2.45) is 17.6 Å². The fourth-order valence-electron chi connectivity index (χ4n) is 2.43. The number of hydrogen-bond acceptors (Lipinski definition) is 1. The molecule has 0 heterocycles. The van der Waals surface area contributed by atoms with E-state index in [1.807, 2.05) is 0 Å². The average Bonchev–Trinajstić information content (AvgIpc) is 2.25. The topological polar surface area (TPSA) is 26.0 Å². The van der Waals surface area contributed by atoms with Gasteiger partial charge in [0.05, 0.1) is 0 Å². The molecule has 0 aromatic carbocycles. The summed E-state index contributed by atoms with van der Waals surface area (Å²) in [5, 5.41) is 0. The first kappa shape index (κ1) is 5.72. The van der Waals surface area contributed by atoms with E-state index in [0.29, 0.717) is 6.04 Å². The SMILES string of the molecule is NC1CC[C@@H]2CC[C@H]1C2. The second-order valence-electron chi connectivity index (χ2n) is 3.68. The highest BCUT2D eigenvalue weighted by Gasteiger charge is 2.33. The van der Waals surface area contributed by atoms with Crippen molar-refractivity contribution in [3.8, 4) is 0 Å². The van der Waals surface area contributed by atoms with E-state index in [1.165, 1.54) is 32.1 Å². The zero-order valence-electron chi connectivity index (χ0n) is 5.84. The van der Waals surface area contributed by atoms with E-state index in [1.54, 1.807) is 0 Å². The maximum absolute atomic E-state index is 5.92. The first-order valence-corrected chi connectivity index (χ1v) is 4.12. The normalized spacial score (nSPS) is 49.7. The van der Waals surface area contributed by atoms with Crippen LogP contribution < -0.4 is 5.73 Å². The van der Waals surface area contributed by atoms with Gasteiger partial charge in [-0.3, -0.25) is 0 Å². The van der Waals surface area contributed by atoms with Crippen LogP contribution in [0.1, 0.15) is 32.1 Å². The van der Waals surface area contributed by atoms with Gasteiger partial charge in [0, 0.05) is 6.04 Å². The minimum absolute atomic E-state index is 0.559. The molecule has 9 heavy (non-hydrogen) atoms. The summed E-state index contributed by atoms with van der Waals surface area (Å²) in [6, 6.07) is 0.559. The van der Waals surface area contributed by atoms with Crippen LogP contribution in [0.4, 0.5) is 0 Å². The molecule has 0 spiro atoms. The van der Waals surface area contributed by atoms with Crippen LogP contribution in [0, 0.1) is 11.8 Å². The summed E-state index contributed by atoms with van der Waals surface area (Å²) in [5.41, 5.74) is 5.92. The maximum atomic E-state index is 5.92. The van der Waals surface area contributed by atoms with Gasteiger partial charge in [-0.05, 0) is 37.5 Å². The van der Waals surface area contributed by atoms with Crippen molar-refractivity contribution in [2.75, 3.05) is 0 Å². The molecule has 2 aliphatic rings. The third-order valence-electron chi connectivity index (χ3n) is 3.10. The molecule has 2 rings (SSSR count). The van der Waals surface area contributed by atoms with Gasteiger partial charge in [0.2, 0.25) is 0 Å². The fraction of sp³-hybridized carbons (Fsp3) is 1.00. The van der Waals surface area contributed by atoms with Crippen molar-refractivity contribution in [3.05, 3.63) is 0 Å². The van der Waals surface area contributed by atoms with E-state index in [4.69, 9.17) is 5.73 Å². The van der Waals surface area contributed by atoms with Crippen LogP contribution in [-0.2, 0) is 0 Å². The molecular formula is C8H15N. The predicted octanol–water partition coefficient (Wildman–Crippen LogP) is 1.52. The zero-order valence-corrected chi connectivity index (χ0v) is 5.84. The molecule has 1 heteroatoms. The molecule has 52 valence electrons. The highest BCUT2D eigenvalue weighted by molar-refractivity contribution is 4.88. The molecule has 0 radical (unpaired) electrons. The third kappa shape index (κ3) is 0.877. The molecule has 0 saturated heterocycles. The molecule has 2 saturated carbocycles. The number of nitrogens with two attached hydrogens (primary N) is 1. The second-order valence-corrected chi connectivity index (χ2v) is 3.68. The van der Waals surface area contributed by atoms with Crippen molar-refractivity contribution >= 4 is 0 Å². The lowest BCUT2D eigenvalue weighted by Gasteiger charge is -2.24. The Bertz CT molecular complexity index is 111. The molecule has 0 aliphatic heterocycles. The van der Waals surface area contributed by atoms with E-state index < -0.39 is 0 Å². The summed E-state index contributed by atoms with van der Waals surface area (Å²) in [4.78, 5) is 0. The minimum Gasteiger partial charge on any atom is -0.327 e. The Hall–Kier alpha value is -0.0400. The third-order valence-corrected chi connectivity index (χ3v) is 3.10. The van der Waals surface area contributed by atoms with Gasteiger partial charge in [0.15, 0.2) is 0 Å². The molecule has 0 amide bonds. The van der Waals surface area contributed by atoms with Crippen molar-refractivity contribution in [2.45, 2.75) is 38.1 Å². The van der Waals surface area contributed by atoms with E-state index in [9.17, 15) is 0 Å². The highest BCUT2D eigenvalue weighted by Crippen LogP contribution is 2.40. The molecule has 2 bridgehead atoms. The molecule has 0 aromatic rings. The molecule has 2 fully saturated rings. The van der Waals surface area contributed by atoms with Gasteiger partial charge in [0.1, 0.15) is 0 Å².